The van der Waals surface area contributed by atoms with Crippen molar-refractivity contribution in [2.45, 2.75) is 92.9 Å². The van der Waals surface area contributed by atoms with Gasteiger partial charge in [-0.3, -0.25) is 29.0 Å². The molecule has 2 aliphatic heterocycles. The SMILES string of the molecule is CCN1CC(=O)N(CCC(C)(C)CCC(=O)CCC(=O)CCC(C)(C)CCN2C(=O)CN(CC)C2=S)C1=S. The van der Waals surface area contributed by atoms with Crippen LogP contribution < -0.4 is 0 Å². The predicted molar refractivity (Wildman–Crippen MR) is 158 cm³/mol. The molecule has 214 valence electrons. The van der Waals surface area contributed by atoms with E-state index in [-0.39, 0.29) is 47.1 Å². The first-order valence-corrected chi connectivity index (χ1v) is 14.7. The molecule has 0 aromatic rings. The summed E-state index contributed by atoms with van der Waals surface area (Å²) in [6.07, 6.45) is 4.38. The molecule has 0 aromatic carbocycles. The molecule has 0 aromatic heterocycles. The Bertz CT molecular complexity index is 860. The van der Waals surface area contributed by atoms with E-state index in [2.05, 4.69) is 27.7 Å². The van der Waals surface area contributed by atoms with Crippen molar-refractivity contribution >= 4 is 58.0 Å². The van der Waals surface area contributed by atoms with Gasteiger partial charge in [-0.2, -0.15) is 0 Å². The van der Waals surface area contributed by atoms with Crippen LogP contribution in [0.4, 0.5) is 0 Å². The normalized spacial score (nSPS) is 16.9. The van der Waals surface area contributed by atoms with Crippen molar-refractivity contribution in [1.82, 2.24) is 19.6 Å². The minimum absolute atomic E-state index is 0.0431. The van der Waals surface area contributed by atoms with Gasteiger partial charge in [0, 0.05) is 51.9 Å². The summed E-state index contributed by atoms with van der Waals surface area (Å²) in [6, 6.07) is 0. The Hall–Kier alpha value is -1.94. The van der Waals surface area contributed by atoms with E-state index in [4.69, 9.17) is 24.4 Å². The average molecular weight is 567 g/mol. The van der Waals surface area contributed by atoms with E-state index in [0.717, 1.165) is 25.9 Å². The first kappa shape index (κ1) is 32.3. The molecule has 38 heavy (non-hydrogen) atoms. The molecule has 2 heterocycles. The fraction of sp³-hybridized carbons (Fsp3) is 0.786. The molecular formula is C28H46N4O4S2. The summed E-state index contributed by atoms with van der Waals surface area (Å²) in [4.78, 5) is 56.6. The monoisotopic (exact) mass is 566 g/mol. The molecule has 0 aliphatic carbocycles. The topological polar surface area (TPSA) is 81.2 Å². The summed E-state index contributed by atoms with van der Waals surface area (Å²) in [5.41, 5.74) is -0.209. The molecule has 10 heteroatoms. The van der Waals surface area contributed by atoms with Gasteiger partial charge >= 0.3 is 0 Å². The average Bonchev–Trinajstić information content (AvgIpc) is 3.30. The molecule has 0 saturated carbocycles. The summed E-state index contributed by atoms with van der Waals surface area (Å²) in [6.45, 7) is 15.7. The molecule has 0 radical (unpaired) electrons. The van der Waals surface area contributed by atoms with E-state index in [9.17, 15) is 19.2 Å². The predicted octanol–water partition coefficient (Wildman–Crippen LogP) is 4.20. The quantitative estimate of drug-likeness (QED) is 0.243. The number of amides is 2. The molecule has 2 saturated heterocycles. The first-order chi connectivity index (χ1) is 17.7. The maximum absolute atomic E-state index is 12.5. The number of rotatable bonds is 17. The molecule has 2 rings (SSSR count). The van der Waals surface area contributed by atoms with E-state index >= 15 is 0 Å². The van der Waals surface area contributed by atoms with Crippen molar-refractivity contribution in [3.8, 4) is 0 Å². The second-order valence-electron chi connectivity index (χ2n) is 12.1. The van der Waals surface area contributed by atoms with Crippen molar-refractivity contribution in [1.29, 1.82) is 0 Å². The molecule has 2 amide bonds. The van der Waals surface area contributed by atoms with Gasteiger partial charge in [0.05, 0.1) is 13.1 Å². The van der Waals surface area contributed by atoms with Gasteiger partial charge < -0.3 is 9.80 Å². The smallest absolute Gasteiger partial charge is 0.248 e. The Labute approximate surface area is 239 Å². The van der Waals surface area contributed by atoms with Crippen molar-refractivity contribution in [2.24, 2.45) is 10.8 Å². The van der Waals surface area contributed by atoms with Gasteiger partial charge in [-0.05, 0) is 74.8 Å². The first-order valence-electron chi connectivity index (χ1n) is 13.9. The fourth-order valence-corrected chi connectivity index (χ4v) is 5.46. The number of ketones is 2. The van der Waals surface area contributed by atoms with Crippen LogP contribution in [0.2, 0.25) is 0 Å². The number of carbonyl (C=O) groups is 4. The lowest BCUT2D eigenvalue weighted by Gasteiger charge is -2.28. The van der Waals surface area contributed by atoms with E-state index in [1.807, 2.05) is 23.6 Å². The summed E-state index contributed by atoms with van der Waals surface area (Å²) in [7, 11) is 0. The van der Waals surface area contributed by atoms with E-state index in [1.54, 1.807) is 9.80 Å². The van der Waals surface area contributed by atoms with Crippen LogP contribution in [-0.4, -0.2) is 92.5 Å². The lowest BCUT2D eigenvalue weighted by atomic mass is 9.82. The Morgan fingerprint density at radius 2 is 1.00 bits per heavy atom. The Morgan fingerprint density at radius 3 is 1.29 bits per heavy atom. The number of likely N-dealkylation sites (N-methyl/N-ethyl adjacent to an activating group) is 2. The largest absolute Gasteiger partial charge is 0.340 e. The molecule has 0 bridgehead atoms. The highest BCUT2D eigenvalue weighted by Gasteiger charge is 2.34. The minimum Gasteiger partial charge on any atom is -0.340 e. The lowest BCUT2D eigenvalue weighted by Crippen LogP contribution is -2.35. The van der Waals surface area contributed by atoms with Gasteiger partial charge in [0.2, 0.25) is 11.8 Å². The van der Waals surface area contributed by atoms with Crippen LogP contribution in [0.15, 0.2) is 0 Å². The highest BCUT2D eigenvalue weighted by atomic mass is 32.1. The molecule has 0 atom stereocenters. The number of carbonyl (C=O) groups excluding carboxylic acids is 4. The van der Waals surface area contributed by atoms with Crippen molar-refractivity contribution < 1.29 is 19.2 Å². The maximum atomic E-state index is 12.5. The molecule has 0 N–H and O–H groups in total. The molecule has 0 unspecified atom stereocenters. The molecule has 0 spiro atoms. The van der Waals surface area contributed by atoms with E-state index < -0.39 is 0 Å². The zero-order valence-electron chi connectivity index (χ0n) is 24.1. The van der Waals surface area contributed by atoms with Gasteiger partial charge in [0.1, 0.15) is 11.6 Å². The summed E-state index contributed by atoms with van der Waals surface area (Å²) in [5, 5.41) is 1.20. The van der Waals surface area contributed by atoms with Gasteiger partial charge in [-0.15, -0.1) is 0 Å². The van der Waals surface area contributed by atoms with Gasteiger partial charge in [0.15, 0.2) is 10.2 Å². The minimum atomic E-state index is -0.105. The standard InChI is InChI=1S/C28H46N4O4S2/c1-7-29-19-23(35)31(25(29)37)17-15-27(3,4)13-11-21(33)9-10-22(34)12-14-28(5,6)16-18-32-24(36)20-30(8-2)26(32)38/h7-20H2,1-6H3. The van der Waals surface area contributed by atoms with Crippen LogP contribution in [0.5, 0.6) is 0 Å². The third-order valence-electron chi connectivity index (χ3n) is 7.89. The molecular weight excluding hydrogens is 520 g/mol. The molecule has 2 aliphatic rings. The zero-order valence-corrected chi connectivity index (χ0v) is 25.8. The number of hydrogen-bond donors (Lipinski definition) is 0. The molecule has 8 nitrogen and oxygen atoms in total. The Balaban J connectivity index is 1.66. The number of hydrogen-bond acceptors (Lipinski definition) is 6. The second kappa shape index (κ2) is 13.9. The maximum Gasteiger partial charge on any atom is 0.248 e. The Morgan fingerprint density at radius 1 is 0.658 bits per heavy atom. The third kappa shape index (κ3) is 9.36. The second-order valence-corrected chi connectivity index (χ2v) is 12.8. The van der Waals surface area contributed by atoms with Crippen LogP contribution >= 0.6 is 24.4 Å². The van der Waals surface area contributed by atoms with Gasteiger partial charge in [0.25, 0.3) is 0 Å². The fourth-order valence-electron chi connectivity index (χ4n) is 4.69. The van der Waals surface area contributed by atoms with Crippen LogP contribution in [0.3, 0.4) is 0 Å². The van der Waals surface area contributed by atoms with Crippen LogP contribution in [0.25, 0.3) is 0 Å². The summed E-state index contributed by atoms with van der Waals surface area (Å²) in [5.74, 6) is 0.303. The highest BCUT2D eigenvalue weighted by molar-refractivity contribution is 7.80. The summed E-state index contributed by atoms with van der Waals surface area (Å²) < 4.78 is 0. The van der Waals surface area contributed by atoms with E-state index in [0.29, 0.717) is 62.1 Å². The summed E-state index contributed by atoms with van der Waals surface area (Å²) >= 11 is 10.8. The number of nitrogens with zero attached hydrogens (tertiary/aromatic N) is 4. The van der Waals surface area contributed by atoms with Gasteiger partial charge in [-0.25, -0.2) is 0 Å². The number of thiocarbonyl (C=S) groups is 2. The zero-order chi connectivity index (χ0) is 28.7. The van der Waals surface area contributed by atoms with Crippen molar-refractivity contribution in [3.05, 3.63) is 0 Å². The third-order valence-corrected chi connectivity index (χ3v) is 8.85. The van der Waals surface area contributed by atoms with Crippen LogP contribution in [0.1, 0.15) is 92.9 Å². The number of Topliss-reactive ketones (excluding diaryl/α,β-unsaturated/α-hetero) is 2. The molecule has 2 fully saturated rings. The van der Waals surface area contributed by atoms with E-state index in [1.165, 1.54) is 0 Å². The van der Waals surface area contributed by atoms with Crippen LogP contribution in [-0.2, 0) is 19.2 Å². The van der Waals surface area contributed by atoms with Crippen molar-refractivity contribution in [3.63, 3.8) is 0 Å². The lowest BCUT2D eigenvalue weighted by molar-refractivity contribution is -0.126. The highest BCUT2D eigenvalue weighted by Crippen LogP contribution is 2.30. The Kier molecular flexibility index (Phi) is 11.8. The van der Waals surface area contributed by atoms with Gasteiger partial charge in [-0.1, -0.05) is 27.7 Å². The van der Waals surface area contributed by atoms with Crippen LogP contribution in [0, 0.1) is 10.8 Å². The van der Waals surface area contributed by atoms with Crippen molar-refractivity contribution in [2.75, 3.05) is 39.3 Å².